The summed E-state index contributed by atoms with van der Waals surface area (Å²) in [7, 11) is 1.96. The molecule has 0 amide bonds. The molecule has 3 aromatic heterocycles. The Kier molecular flexibility index (Phi) is 4.03. The van der Waals surface area contributed by atoms with Crippen LogP contribution in [0.1, 0.15) is 17.8 Å². The van der Waals surface area contributed by atoms with Gasteiger partial charge in [-0.1, -0.05) is 0 Å². The van der Waals surface area contributed by atoms with Gasteiger partial charge in [-0.2, -0.15) is 0 Å². The van der Waals surface area contributed by atoms with Crippen LogP contribution in [0.3, 0.4) is 0 Å². The van der Waals surface area contributed by atoms with Gasteiger partial charge in [-0.3, -0.25) is 9.97 Å². The Morgan fingerprint density at radius 3 is 2.52 bits per heavy atom. The Labute approximate surface area is 127 Å². The third-order valence-electron chi connectivity index (χ3n) is 3.34. The summed E-state index contributed by atoms with van der Waals surface area (Å²) in [6.07, 6.45) is 7.22. The van der Waals surface area contributed by atoms with Gasteiger partial charge >= 0.3 is 0 Å². The number of nitrogens with one attached hydrogen (secondary N) is 1. The van der Waals surface area contributed by atoms with Gasteiger partial charge in [-0.05, 0) is 38.2 Å². The van der Waals surface area contributed by atoms with Gasteiger partial charge in [0.15, 0.2) is 0 Å². The van der Waals surface area contributed by atoms with Crippen molar-refractivity contribution in [2.24, 2.45) is 0 Å². The highest BCUT2D eigenvalue weighted by Gasteiger charge is 2.18. The van der Waals surface area contributed by atoms with Crippen LogP contribution in [0.5, 0.6) is 0 Å². The smallest absolute Gasteiger partial charge is 0.124 e. The van der Waals surface area contributed by atoms with Crippen molar-refractivity contribution >= 4 is 11.3 Å². The number of hydrogen-bond donors (Lipinski definition) is 1. The zero-order valence-corrected chi connectivity index (χ0v) is 12.8. The quantitative estimate of drug-likeness (QED) is 0.800. The molecule has 1 atom stereocenters. The van der Waals surface area contributed by atoms with E-state index in [9.17, 15) is 0 Å². The fraction of sp³-hybridized carbons (Fsp3) is 0.188. The lowest BCUT2D eigenvalue weighted by atomic mass is 10.1. The highest BCUT2D eigenvalue weighted by atomic mass is 32.1. The molecule has 0 radical (unpaired) electrons. The second-order valence-corrected chi connectivity index (χ2v) is 5.75. The minimum Gasteiger partial charge on any atom is -0.312 e. The average Bonchev–Trinajstić information content (AvgIpc) is 3.01. The Morgan fingerprint density at radius 2 is 1.86 bits per heavy atom. The summed E-state index contributed by atoms with van der Waals surface area (Å²) in [6, 6.07) is 8.20. The van der Waals surface area contributed by atoms with E-state index in [2.05, 4.69) is 22.2 Å². The molecule has 3 aromatic rings. The molecule has 0 saturated carbocycles. The van der Waals surface area contributed by atoms with E-state index in [1.54, 1.807) is 29.9 Å². The molecule has 0 bridgehead atoms. The van der Waals surface area contributed by atoms with E-state index in [0.29, 0.717) is 0 Å². The molecule has 106 valence electrons. The molecule has 5 heteroatoms. The maximum atomic E-state index is 4.83. The molecular formula is C16H16N4S. The van der Waals surface area contributed by atoms with Crippen molar-refractivity contribution in [3.05, 3.63) is 53.9 Å². The maximum absolute atomic E-state index is 4.83. The van der Waals surface area contributed by atoms with Gasteiger partial charge in [0.2, 0.25) is 0 Å². The van der Waals surface area contributed by atoms with Gasteiger partial charge in [0.25, 0.3) is 0 Å². The number of aromatic nitrogens is 3. The molecule has 3 heterocycles. The summed E-state index contributed by atoms with van der Waals surface area (Å²) >= 11 is 1.71. The predicted octanol–water partition coefficient (Wildman–Crippen LogP) is 3.55. The van der Waals surface area contributed by atoms with Crippen LogP contribution in [0.4, 0.5) is 0 Å². The number of rotatable bonds is 4. The monoisotopic (exact) mass is 296 g/mol. The van der Waals surface area contributed by atoms with Crippen molar-refractivity contribution in [1.82, 2.24) is 20.3 Å². The fourth-order valence-electron chi connectivity index (χ4n) is 2.08. The molecule has 1 N–H and O–H groups in total. The largest absolute Gasteiger partial charge is 0.312 e. The molecule has 0 fully saturated rings. The first-order chi connectivity index (χ1) is 10.3. The summed E-state index contributed by atoms with van der Waals surface area (Å²) in [5.74, 6) is 0. The summed E-state index contributed by atoms with van der Waals surface area (Å²) in [6.45, 7) is 2.14. The minimum absolute atomic E-state index is 0.244. The molecule has 1 unspecified atom stereocenters. The van der Waals surface area contributed by atoms with Crippen molar-refractivity contribution < 1.29 is 0 Å². The lowest BCUT2D eigenvalue weighted by Gasteiger charge is -2.09. The number of nitrogens with zero attached hydrogens (tertiary/aromatic N) is 3. The lowest BCUT2D eigenvalue weighted by Crippen LogP contribution is -2.11. The lowest BCUT2D eigenvalue weighted by molar-refractivity contribution is 0.664. The van der Waals surface area contributed by atoms with Crippen LogP contribution in [0.15, 0.2) is 49.1 Å². The van der Waals surface area contributed by atoms with Gasteiger partial charge in [0.1, 0.15) is 5.01 Å². The van der Waals surface area contributed by atoms with E-state index in [1.807, 2.05) is 37.5 Å². The molecule has 0 spiro atoms. The van der Waals surface area contributed by atoms with Crippen molar-refractivity contribution in [3.63, 3.8) is 0 Å². The first-order valence-corrected chi connectivity index (χ1v) is 7.60. The summed E-state index contributed by atoms with van der Waals surface area (Å²) in [5.41, 5.74) is 3.14. The van der Waals surface area contributed by atoms with Crippen LogP contribution >= 0.6 is 11.3 Å². The van der Waals surface area contributed by atoms with Crippen molar-refractivity contribution in [1.29, 1.82) is 0 Å². The van der Waals surface area contributed by atoms with Crippen LogP contribution in [0.2, 0.25) is 0 Å². The second-order valence-electron chi connectivity index (χ2n) is 4.72. The summed E-state index contributed by atoms with van der Waals surface area (Å²) in [5, 5.41) is 4.30. The van der Waals surface area contributed by atoms with Gasteiger partial charge in [0.05, 0.1) is 5.69 Å². The topological polar surface area (TPSA) is 50.7 Å². The number of hydrogen-bond acceptors (Lipinski definition) is 5. The Hall–Kier alpha value is -2.11. The van der Waals surface area contributed by atoms with Gasteiger partial charge in [0, 0.05) is 46.8 Å². The highest BCUT2D eigenvalue weighted by molar-refractivity contribution is 7.15. The molecule has 0 aromatic carbocycles. The van der Waals surface area contributed by atoms with Crippen LogP contribution in [0.25, 0.3) is 21.8 Å². The van der Waals surface area contributed by atoms with Crippen LogP contribution in [-0.4, -0.2) is 22.0 Å². The van der Waals surface area contributed by atoms with Gasteiger partial charge in [-0.15, -0.1) is 11.3 Å². The normalized spacial score (nSPS) is 12.3. The zero-order chi connectivity index (χ0) is 14.7. The first kappa shape index (κ1) is 13.9. The van der Waals surface area contributed by atoms with Gasteiger partial charge < -0.3 is 5.32 Å². The maximum Gasteiger partial charge on any atom is 0.124 e. The van der Waals surface area contributed by atoms with Crippen molar-refractivity contribution in [3.8, 4) is 21.8 Å². The second kappa shape index (κ2) is 6.11. The molecule has 4 nitrogen and oxygen atoms in total. The van der Waals surface area contributed by atoms with E-state index in [-0.39, 0.29) is 6.04 Å². The molecular weight excluding hydrogens is 280 g/mol. The zero-order valence-electron chi connectivity index (χ0n) is 11.9. The first-order valence-electron chi connectivity index (χ1n) is 6.78. The molecule has 0 aliphatic rings. The third-order valence-corrected chi connectivity index (χ3v) is 4.63. The number of pyridine rings is 2. The van der Waals surface area contributed by atoms with Crippen molar-refractivity contribution in [2.75, 3.05) is 7.05 Å². The van der Waals surface area contributed by atoms with Crippen LogP contribution in [-0.2, 0) is 0 Å². The van der Waals surface area contributed by atoms with E-state index in [1.165, 1.54) is 4.88 Å². The SMILES string of the molecule is CNC(C)c1sc(-c2ccncc2)nc1-c1cccnc1. The molecule has 0 aliphatic heterocycles. The molecule has 0 aliphatic carbocycles. The fourth-order valence-corrected chi connectivity index (χ4v) is 3.24. The van der Waals surface area contributed by atoms with Crippen LogP contribution in [0, 0.1) is 0 Å². The minimum atomic E-state index is 0.244. The molecule has 0 saturated heterocycles. The van der Waals surface area contributed by atoms with E-state index >= 15 is 0 Å². The number of thiazole rings is 1. The molecule has 3 rings (SSSR count). The van der Waals surface area contributed by atoms with Crippen LogP contribution < -0.4 is 5.32 Å². The van der Waals surface area contributed by atoms with E-state index in [0.717, 1.165) is 21.8 Å². The van der Waals surface area contributed by atoms with E-state index in [4.69, 9.17) is 4.98 Å². The summed E-state index contributed by atoms with van der Waals surface area (Å²) in [4.78, 5) is 14.3. The highest BCUT2D eigenvalue weighted by Crippen LogP contribution is 2.36. The molecule has 21 heavy (non-hydrogen) atoms. The standard InChI is InChI=1S/C16H16N4S/c1-11(17-2)15-14(13-4-3-7-19-10-13)20-16(21-15)12-5-8-18-9-6-12/h3-11,17H,1-2H3. The third kappa shape index (κ3) is 2.84. The Morgan fingerprint density at radius 1 is 1.05 bits per heavy atom. The summed E-state index contributed by atoms with van der Waals surface area (Å²) < 4.78 is 0. The Balaban J connectivity index is 2.12. The van der Waals surface area contributed by atoms with Crippen molar-refractivity contribution in [2.45, 2.75) is 13.0 Å². The van der Waals surface area contributed by atoms with E-state index < -0.39 is 0 Å². The van der Waals surface area contributed by atoms with Gasteiger partial charge in [-0.25, -0.2) is 4.98 Å². The average molecular weight is 296 g/mol. The predicted molar refractivity (Wildman–Crippen MR) is 86.1 cm³/mol. The Bertz CT molecular complexity index is 710.